The summed E-state index contributed by atoms with van der Waals surface area (Å²) in [5.41, 5.74) is 3.66. The molecule has 5 rings (SSSR count). The predicted molar refractivity (Wildman–Crippen MR) is 152 cm³/mol. The van der Waals surface area contributed by atoms with Crippen LogP contribution in [0.1, 0.15) is 68.7 Å². The molecule has 2 aromatic carbocycles. The molecule has 0 saturated heterocycles. The minimum absolute atomic E-state index is 0.115. The number of aromatic nitrogens is 4. The molecule has 0 bridgehead atoms. The van der Waals surface area contributed by atoms with Crippen molar-refractivity contribution in [2.45, 2.75) is 64.5 Å². The summed E-state index contributed by atoms with van der Waals surface area (Å²) in [6, 6.07) is 16.3. The first-order valence-electron chi connectivity index (χ1n) is 14.2. The smallest absolute Gasteiger partial charge is 0.292 e. The Kier molecular flexibility index (Phi) is 7.87. The van der Waals surface area contributed by atoms with Gasteiger partial charge in [0, 0.05) is 5.41 Å². The van der Waals surface area contributed by atoms with E-state index in [2.05, 4.69) is 34.3 Å². The highest BCUT2D eigenvalue weighted by Crippen LogP contribution is 2.45. The zero-order chi connectivity index (χ0) is 28.3. The molecule has 0 atom stereocenters. The molecule has 208 valence electrons. The molecule has 0 amide bonds. The van der Waals surface area contributed by atoms with Gasteiger partial charge in [0.25, 0.3) is 11.6 Å². The highest BCUT2D eigenvalue weighted by Gasteiger charge is 2.35. The molecule has 2 aromatic heterocycles. The van der Waals surface area contributed by atoms with E-state index in [9.17, 15) is 10.2 Å². The Labute approximate surface area is 236 Å². The van der Waals surface area contributed by atoms with Crippen LogP contribution in [-0.2, 0) is 32.6 Å². The number of hydrogen-bond acceptors (Lipinski definition) is 4. The molecule has 8 heteroatoms. The van der Waals surface area contributed by atoms with Crippen molar-refractivity contribution in [2.24, 2.45) is 24.1 Å². The number of hydrogen-bond donors (Lipinski definition) is 0. The van der Waals surface area contributed by atoms with E-state index in [4.69, 9.17) is 0 Å². The summed E-state index contributed by atoms with van der Waals surface area (Å²) >= 11 is 0. The first-order valence-corrected chi connectivity index (χ1v) is 14.2. The first kappa shape index (κ1) is 27.4. The monoisotopic (exact) mass is 538 g/mol. The van der Waals surface area contributed by atoms with E-state index < -0.39 is 0 Å². The minimum atomic E-state index is -0.247. The van der Waals surface area contributed by atoms with Crippen molar-refractivity contribution < 1.29 is 19.3 Å². The van der Waals surface area contributed by atoms with E-state index in [0.29, 0.717) is 36.1 Å². The number of aliphatic imine (C=N–C) groups is 2. The molecular formula is C32H38N6O2. The van der Waals surface area contributed by atoms with E-state index in [1.54, 1.807) is 0 Å². The average molecular weight is 539 g/mol. The Hall–Kier alpha value is -4.20. The van der Waals surface area contributed by atoms with Gasteiger partial charge >= 0.3 is 0 Å². The lowest BCUT2D eigenvalue weighted by Crippen LogP contribution is -2.40. The summed E-state index contributed by atoms with van der Waals surface area (Å²) in [6.45, 7) is 5.45. The Balaban J connectivity index is 1.43. The molecular weight excluding hydrogens is 500 g/mol. The normalized spacial score (nSPS) is 15.9. The van der Waals surface area contributed by atoms with Crippen LogP contribution in [-0.4, -0.2) is 20.9 Å². The summed E-state index contributed by atoms with van der Waals surface area (Å²) in [6.07, 6.45) is 13.2. The fourth-order valence-electron chi connectivity index (χ4n) is 6.05. The van der Waals surface area contributed by atoms with E-state index in [1.165, 1.54) is 17.5 Å². The van der Waals surface area contributed by atoms with Gasteiger partial charge in [-0.1, -0.05) is 43.5 Å². The predicted octanol–water partition coefficient (Wildman–Crippen LogP) is 3.11. The molecule has 0 spiro atoms. The summed E-state index contributed by atoms with van der Waals surface area (Å²) in [5.74, 6) is 0.637. The van der Waals surface area contributed by atoms with Crippen LogP contribution >= 0.6 is 0 Å². The topological polar surface area (TPSA) is 88.5 Å². The van der Waals surface area contributed by atoms with Crippen molar-refractivity contribution in [3.63, 3.8) is 0 Å². The van der Waals surface area contributed by atoms with Gasteiger partial charge in [0.15, 0.2) is 0 Å². The van der Waals surface area contributed by atoms with Crippen molar-refractivity contribution in [3.05, 3.63) is 96.1 Å². The number of rotatable bonds is 8. The maximum Gasteiger partial charge on any atom is 0.292 e. The largest absolute Gasteiger partial charge is 0.853 e. The van der Waals surface area contributed by atoms with Crippen LogP contribution in [0.5, 0.6) is 0 Å². The van der Waals surface area contributed by atoms with Gasteiger partial charge < -0.3 is 10.2 Å². The lowest BCUT2D eigenvalue weighted by Gasteiger charge is -2.38. The molecule has 1 saturated carbocycles. The molecule has 2 heterocycles. The maximum atomic E-state index is 12.9. The van der Waals surface area contributed by atoms with Crippen LogP contribution in [0.25, 0.3) is 0 Å². The molecule has 0 N–H and O–H groups in total. The van der Waals surface area contributed by atoms with Crippen LogP contribution in [0.15, 0.2) is 83.3 Å². The standard InChI is InChI=1S/C32H38N6O2/c1-5-37-22-20-35(3)30(37)28(39)33-26-14-10-24(11-15-26)32(18-8-7-9-19-32)25-12-16-27(17-13-25)34-29(40)31-36(4)21-23-38(31)6-2/h10-17,20-23H,5-9,18-19H2,1-4H3. The van der Waals surface area contributed by atoms with Gasteiger partial charge in [-0.05, 0) is 62.1 Å². The zero-order valence-corrected chi connectivity index (χ0v) is 23.9. The van der Waals surface area contributed by atoms with E-state index >= 15 is 0 Å². The minimum Gasteiger partial charge on any atom is -0.853 e. The van der Waals surface area contributed by atoms with Crippen LogP contribution in [0.4, 0.5) is 11.4 Å². The average Bonchev–Trinajstić information content (AvgIpc) is 3.55. The van der Waals surface area contributed by atoms with Crippen molar-refractivity contribution in [2.75, 3.05) is 0 Å². The van der Waals surface area contributed by atoms with Crippen LogP contribution < -0.4 is 19.3 Å². The van der Waals surface area contributed by atoms with Gasteiger partial charge in [0.05, 0.1) is 50.4 Å². The van der Waals surface area contributed by atoms with Gasteiger partial charge in [-0.15, -0.1) is 0 Å². The third-order valence-corrected chi connectivity index (χ3v) is 8.22. The molecule has 0 radical (unpaired) electrons. The maximum absolute atomic E-state index is 12.9. The molecule has 1 fully saturated rings. The van der Waals surface area contributed by atoms with Gasteiger partial charge in [0.2, 0.25) is 0 Å². The van der Waals surface area contributed by atoms with Crippen molar-refractivity contribution in [1.29, 1.82) is 0 Å². The molecule has 0 unspecified atom stereocenters. The molecule has 4 aromatic rings. The van der Waals surface area contributed by atoms with Gasteiger partial charge in [-0.2, -0.15) is 0 Å². The highest BCUT2D eigenvalue weighted by atomic mass is 16.3. The van der Waals surface area contributed by atoms with Crippen LogP contribution in [0.2, 0.25) is 0 Å². The Morgan fingerprint density at radius 2 is 1.10 bits per heavy atom. The quantitative estimate of drug-likeness (QED) is 0.196. The third-order valence-electron chi connectivity index (χ3n) is 8.22. The van der Waals surface area contributed by atoms with E-state index in [1.807, 2.05) is 95.3 Å². The molecule has 8 nitrogen and oxygen atoms in total. The van der Waals surface area contributed by atoms with E-state index in [0.717, 1.165) is 25.7 Å². The highest BCUT2D eigenvalue weighted by molar-refractivity contribution is 5.88. The second kappa shape index (κ2) is 11.5. The van der Waals surface area contributed by atoms with Gasteiger partial charge in [-0.25, -0.2) is 18.3 Å². The molecule has 1 aliphatic carbocycles. The lowest BCUT2D eigenvalue weighted by molar-refractivity contribution is -0.674. The lowest BCUT2D eigenvalue weighted by atomic mass is 9.65. The van der Waals surface area contributed by atoms with Gasteiger partial charge in [0.1, 0.15) is 24.8 Å². The van der Waals surface area contributed by atoms with Crippen molar-refractivity contribution in [1.82, 2.24) is 9.13 Å². The second-order valence-corrected chi connectivity index (χ2v) is 10.6. The summed E-state index contributed by atoms with van der Waals surface area (Å²) in [4.78, 5) is 8.81. The number of aryl methyl sites for hydroxylation is 4. The first-order chi connectivity index (χ1) is 19.4. The Morgan fingerprint density at radius 1 is 0.700 bits per heavy atom. The summed E-state index contributed by atoms with van der Waals surface area (Å²) in [5, 5.41) is 25.9. The van der Waals surface area contributed by atoms with E-state index in [-0.39, 0.29) is 17.2 Å². The summed E-state index contributed by atoms with van der Waals surface area (Å²) in [7, 11) is 3.73. The second-order valence-electron chi connectivity index (χ2n) is 10.6. The van der Waals surface area contributed by atoms with Crippen LogP contribution in [0, 0.1) is 0 Å². The number of imidazole rings is 2. The number of benzene rings is 2. The van der Waals surface area contributed by atoms with Crippen LogP contribution in [0.3, 0.4) is 0 Å². The molecule has 1 aliphatic rings. The fraction of sp³-hybridized carbons (Fsp3) is 0.375. The Morgan fingerprint density at radius 3 is 1.48 bits per heavy atom. The SMILES string of the molecule is CCn1cc[n+](C)c1C([O-])=Nc1ccc(C2(c3ccc(N=C([O-])c4n(CC)cc[n+]4C)cc3)CCCCC2)cc1. The molecule has 0 aliphatic heterocycles. The Bertz CT molecular complexity index is 1410. The summed E-state index contributed by atoms with van der Waals surface area (Å²) < 4.78 is 7.43. The molecule has 40 heavy (non-hydrogen) atoms. The van der Waals surface area contributed by atoms with Crippen molar-refractivity contribution in [3.8, 4) is 0 Å². The fourth-order valence-corrected chi connectivity index (χ4v) is 6.05. The van der Waals surface area contributed by atoms with Gasteiger partial charge in [-0.3, -0.25) is 9.98 Å². The number of nitrogens with zero attached hydrogens (tertiary/aromatic N) is 6. The zero-order valence-electron chi connectivity index (χ0n) is 23.9. The van der Waals surface area contributed by atoms with Crippen molar-refractivity contribution >= 4 is 23.2 Å². The third kappa shape index (κ3) is 5.18.